The first-order valence-corrected chi connectivity index (χ1v) is 6.61. The highest BCUT2D eigenvalue weighted by molar-refractivity contribution is 6.31. The fourth-order valence-corrected chi connectivity index (χ4v) is 2.65. The van der Waals surface area contributed by atoms with E-state index in [-0.39, 0.29) is 17.5 Å². The van der Waals surface area contributed by atoms with Crippen molar-refractivity contribution in [1.29, 1.82) is 0 Å². The van der Waals surface area contributed by atoms with E-state index in [1.54, 1.807) is 13.0 Å². The molecule has 1 aromatic carbocycles. The molecule has 1 aliphatic rings. The number of likely N-dealkylation sites (tertiary alicyclic amines) is 1. The zero-order valence-electron chi connectivity index (χ0n) is 10.5. The minimum atomic E-state index is -0.316. The molecule has 18 heavy (non-hydrogen) atoms. The molecule has 4 heteroatoms. The summed E-state index contributed by atoms with van der Waals surface area (Å²) < 4.78 is 13.0. The van der Waals surface area contributed by atoms with Gasteiger partial charge in [-0.05, 0) is 44.0 Å². The van der Waals surface area contributed by atoms with Crippen molar-refractivity contribution in [2.24, 2.45) is 5.92 Å². The van der Waals surface area contributed by atoms with Gasteiger partial charge in [0.1, 0.15) is 11.6 Å². The molecular formula is C14H17ClFNO. The summed E-state index contributed by atoms with van der Waals surface area (Å²) in [5, 5.41) is 0.458. The van der Waals surface area contributed by atoms with Crippen molar-refractivity contribution in [2.45, 2.75) is 26.3 Å². The predicted octanol–water partition coefficient (Wildman–Crippen LogP) is 3.28. The van der Waals surface area contributed by atoms with Gasteiger partial charge in [-0.25, -0.2) is 4.39 Å². The van der Waals surface area contributed by atoms with Crippen molar-refractivity contribution in [2.75, 3.05) is 13.1 Å². The number of nitrogens with zero attached hydrogens (tertiary/aromatic N) is 1. The third-order valence-corrected chi connectivity index (χ3v) is 3.84. The third-order valence-electron chi connectivity index (χ3n) is 3.49. The highest BCUT2D eigenvalue weighted by atomic mass is 35.5. The second-order valence-corrected chi connectivity index (χ2v) is 5.33. The number of carbonyl (C=O) groups is 1. The summed E-state index contributed by atoms with van der Waals surface area (Å²) in [5.41, 5.74) is 0.919. The molecule has 0 aromatic heterocycles. The van der Waals surface area contributed by atoms with Gasteiger partial charge in [-0.1, -0.05) is 17.7 Å². The second-order valence-electron chi connectivity index (χ2n) is 4.92. The third kappa shape index (κ3) is 3.30. The lowest BCUT2D eigenvalue weighted by Crippen LogP contribution is -2.37. The van der Waals surface area contributed by atoms with Crippen molar-refractivity contribution < 1.29 is 9.18 Å². The number of hydrogen-bond acceptors (Lipinski definition) is 2. The van der Waals surface area contributed by atoms with E-state index in [2.05, 4.69) is 4.90 Å². The summed E-state index contributed by atoms with van der Waals surface area (Å²) in [6, 6.07) is 4.48. The number of piperidine rings is 1. The molecule has 0 radical (unpaired) electrons. The van der Waals surface area contributed by atoms with Gasteiger partial charge >= 0.3 is 0 Å². The summed E-state index contributed by atoms with van der Waals surface area (Å²) in [6.45, 7) is 4.09. The Hall–Kier alpha value is -0.930. The summed E-state index contributed by atoms with van der Waals surface area (Å²) in [7, 11) is 0. The quantitative estimate of drug-likeness (QED) is 0.839. The molecule has 2 rings (SSSR count). The van der Waals surface area contributed by atoms with Crippen LogP contribution in [0.1, 0.15) is 25.3 Å². The molecule has 0 saturated carbocycles. The molecule has 1 atom stereocenters. The van der Waals surface area contributed by atoms with Crippen LogP contribution < -0.4 is 0 Å². The van der Waals surface area contributed by atoms with Crippen LogP contribution in [0.5, 0.6) is 0 Å². The van der Waals surface area contributed by atoms with Crippen LogP contribution in [0, 0.1) is 11.7 Å². The fourth-order valence-electron chi connectivity index (χ4n) is 2.42. The molecule has 0 amide bonds. The van der Waals surface area contributed by atoms with Gasteiger partial charge in [0.05, 0.1) is 0 Å². The number of halogens is 2. The molecule has 0 bridgehead atoms. The van der Waals surface area contributed by atoms with E-state index < -0.39 is 0 Å². The Morgan fingerprint density at radius 1 is 1.56 bits per heavy atom. The van der Waals surface area contributed by atoms with Crippen LogP contribution in [0.4, 0.5) is 4.39 Å². The first-order chi connectivity index (χ1) is 8.56. The van der Waals surface area contributed by atoms with Gasteiger partial charge in [0.15, 0.2) is 0 Å². The summed E-state index contributed by atoms with van der Waals surface area (Å²) in [5.74, 6) is 0.0758. The number of carbonyl (C=O) groups excluding carboxylic acids is 1. The Kier molecular flexibility index (Phi) is 4.36. The van der Waals surface area contributed by atoms with Crippen LogP contribution in [-0.4, -0.2) is 23.8 Å². The maximum atomic E-state index is 13.0. The molecule has 1 fully saturated rings. The van der Waals surface area contributed by atoms with E-state index in [1.165, 1.54) is 12.1 Å². The van der Waals surface area contributed by atoms with Crippen LogP contribution in [0.2, 0.25) is 5.02 Å². The molecular weight excluding hydrogens is 253 g/mol. The van der Waals surface area contributed by atoms with Gasteiger partial charge in [-0.2, -0.15) is 0 Å². The van der Waals surface area contributed by atoms with Crippen molar-refractivity contribution >= 4 is 17.4 Å². The van der Waals surface area contributed by atoms with Crippen molar-refractivity contribution in [1.82, 2.24) is 4.90 Å². The van der Waals surface area contributed by atoms with Gasteiger partial charge < -0.3 is 0 Å². The summed E-state index contributed by atoms with van der Waals surface area (Å²) in [6.07, 6.45) is 2.01. The van der Waals surface area contributed by atoms with Crippen LogP contribution in [0.25, 0.3) is 0 Å². The second kappa shape index (κ2) is 5.81. The SMILES string of the molecule is CC(=O)C1CCCN(Cc2ccc(F)cc2Cl)C1. The highest BCUT2D eigenvalue weighted by Crippen LogP contribution is 2.23. The first-order valence-electron chi connectivity index (χ1n) is 6.23. The Labute approximate surface area is 112 Å². The van der Waals surface area contributed by atoms with Crippen molar-refractivity contribution in [3.05, 3.63) is 34.6 Å². The van der Waals surface area contributed by atoms with E-state index in [1.807, 2.05) is 0 Å². The molecule has 1 unspecified atom stereocenters. The first kappa shape index (κ1) is 13.5. The molecule has 2 nitrogen and oxygen atoms in total. The summed E-state index contributed by atoms with van der Waals surface area (Å²) >= 11 is 6.01. The Morgan fingerprint density at radius 3 is 3.00 bits per heavy atom. The van der Waals surface area contributed by atoms with E-state index in [4.69, 9.17) is 11.6 Å². The number of hydrogen-bond donors (Lipinski definition) is 0. The molecule has 1 saturated heterocycles. The van der Waals surface area contributed by atoms with E-state index in [9.17, 15) is 9.18 Å². The van der Waals surface area contributed by atoms with Gasteiger partial charge in [0.2, 0.25) is 0 Å². The van der Waals surface area contributed by atoms with E-state index >= 15 is 0 Å². The normalized spacial score (nSPS) is 20.9. The lowest BCUT2D eigenvalue weighted by Gasteiger charge is -2.31. The van der Waals surface area contributed by atoms with Gasteiger partial charge in [0.25, 0.3) is 0 Å². The number of benzene rings is 1. The smallest absolute Gasteiger partial charge is 0.134 e. The molecule has 98 valence electrons. The van der Waals surface area contributed by atoms with Crippen LogP contribution in [-0.2, 0) is 11.3 Å². The Balaban J connectivity index is 2.02. The topological polar surface area (TPSA) is 20.3 Å². The predicted molar refractivity (Wildman–Crippen MR) is 70.1 cm³/mol. The number of rotatable bonds is 3. The molecule has 1 aromatic rings. The molecule has 1 aliphatic heterocycles. The van der Waals surface area contributed by atoms with Crippen LogP contribution in [0.15, 0.2) is 18.2 Å². The molecule has 0 aliphatic carbocycles. The van der Waals surface area contributed by atoms with Crippen LogP contribution in [0.3, 0.4) is 0 Å². The van der Waals surface area contributed by atoms with Gasteiger partial charge in [-0.15, -0.1) is 0 Å². The number of ketones is 1. The minimum absolute atomic E-state index is 0.137. The standard InChI is InChI=1S/C14H17ClFNO/c1-10(18)11-3-2-6-17(8-11)9-12-4-5-13(16)7-14(12)15/h4-5,7,11H,2-3,6,8-9H2,1H3. The molecule has 0 N–H and O–H groups in total. The van der Waals surface area contributed by atoms with Crippen molar-refractivity contribution in [3.63, 3.8) is 0 Å². The maximum absolute atomic E-state index is 13.0. The van der Waals surface area contributed by atoms with Gasteiger partial charge in [0, 0.05) is 24.0 Å². The highest BCUT2D eigenvalue weighted by Gasteiger charge is 2.23. The average Bonchev–Trinajstić information content (AvgIpc) is 2.33. The van der Waals surface area contributed by atoms with Crippen LogP contribution >= 0.6 is 11.6 Å². The monoisotopic (exact) mass is 269 g/mol. The largest absolute Gasteiger partial charge is 0.300 e. The lowest BCUT2D eigenvalue weighted by molar-refractivity contribution is -0.122. The zero-order valence-corrected chi connectivity index (χ0v) is 11.2. The fraction of sp³-hybridized carbons (Fsp3) is 0.500. The summed E-state index contributed by atoms with van der Waals surface area (Å²) in [4.78, 5) is 13.6. The molecule has 0 spiro atoms. The average molecular weight is 270 g/mol. The van der Waals surface area contributed by atoms with Gasteiger partial charge in [-0.3, -0.25) is 9.69 Å². The lowest BCUT2D eigenvalue weighted by atomic mass is 9.94. The maximum Gasteiger partial charge on any atom is 0.134 e. The number of Topliss-reactive ketones (excluding diaryl/α,β-unsaturated/α-hetero) is 1. The van der Waals surface area contributed by atoms with Crippen molar-refractivity contribution in [3.8, 4) is 0 Å². The molecule has 1 heterocycles. The Bertz CT molecular complexity index is 449. The Morgan fingerprint density at radius 2 is 2.33 bits per heavy atom. The van der Waals surface area contributed by atoms with E-state index in [0.29, 0.717) is 11.6 Å². The minimum Gasteiger partial charge on any atom is -0.300 e. The van der Waals surface area contributed by atoms with E-state index in [0.717, 1.165) is 31.5 Å². The zero-order chi connectivity index (χ0) is 13.1.